The molecule has 5 heteroatoms. The quantitative estimate of drug-likeness (QED) is 0.627. The molecule has 0 aromatic heterocycles. The van der Waals surface area contributed by atoms with Crippen LogP contribution in [0.3, 0.4) is 0 Å². The van der Waals surface area contributed by atoms with Gasteiger partial charge >= 0.3 is 5.97 Å². The molecule has 1 aliphatic heterocycles. The van der Waals surface area contributed by atoms with Crippen LogP contribution in [0, 0.1) is 0 Å². The van der Waals surface area contributed by atoms with Gasteiger partial charge in [-0.25, -0.2) is 4.39 Å². The summed E-state index contributed by atoms with van der Waals surface area (Å²) in [6, 6.07) is 5.81. The second kappa shape index (κ2) is 4.90. The lowest BCUT2D eigenvalue weighted by Gasteiger charge is -2.12. The third-order valence-electron chi connectivity index (χ3n) is 3.64. The first-order valence-electron chi connectivity index (χ1n) is 6.52. The summed E-state index contributed by atoms with van der Waals surface area (Å²) in [4.78, 5) is 20.6. The van der Waals surface area contributed by atoms with Crippen LogP contribution < -0.4 is 4.89 Å². The molecule has 2 aliphatic rings. The van der Waals surface area contributed by atoms with Crippen molar-refractivity contribution in [3.63, 3.8) is 0 Å². The highest BCUT2D eigenvalue weighted by molar-refractivity contribution is 5.66. The first-order valence-corrected chi connectivity index (χ1v) is 6.52. The van der Waals surface area contributed by atoms with Crippen LogP contribution in [-0.4, -0.2) is 12.6 Å². The Bertz CT molecular complexity index is 575. The molecule has 20 heavy (non-hydrogen) atoms. The maximum atomic E-state index is 13.8. The molecule has 1 aromatic rings. The van der Waals surface area contributed by atoms with Crippen molar-refractivity contribution in [2.24, 2.45) is 0 Å². The summed E-state index contributed by atoms with van der Waals surface area (Å²) >= 11 is 0. The van der Waals surface area contributed by atoms with Crippen molar-refractivity contribution in [2.75, 3.05) is 6.61 Å². The summed E-state index contributed by atoms with van der Waals surface area (Å²) in [5, 5.41) is 0. The van der Waals surface area contributed by atoms with Crippen LogP contribution in [0.4, 0.5) is 4.39 Å². The highest BCUT2D eigenvalue weighted by Crippen LogP contribution is 2.51. The number of benzene rings is 1. The Kier molecular flexibility index (Phi) is 3.22. The zero-order valence-corrected chi connectivity index (χ0v) is 11.1. The average Bonchev–Trinajstić information content (AvgIpc) is 3.03. The van der Waals surface area contributed by atoms with Crippen LogP contribution >= 0.6 is 0 Å². The minimum absolute atomic E-state index is 0.300. The van der Waals surface area contributed by atoms with Crippen molar-refractivity contribution in [2.45, 2.75) is 31.8 Å². The van der Waals surface area contributed by atoms with Crippen LogP contribution in [0.5, 0.6) is 5.75 Å². The summed E-state index contributed by atoms with van der Waals surface area (Å²) in [7, 11) is 0. The van der Waals surface area contributed by atoms with E-state index in [-0.39, 0.29) is 12.0 Å². The van der Waals surface area contributed by atoms with E-state index >= 15 is 0 Å². The molecule has 106 valence electrons. The number of allylic oxidation sites excluding steroid dienone is 1. The van der Waals surface area contributed by atoms with E-state index in [9.17, 15) is 9.18 Å². The molecule has 1 aromatic carbocycles. The molecule has 0 amide bonds. The van der Waals surface area contributed by atoms with Gasteiger partial charge in [0, 0.05) is 17.9 Å². The van der Waals surface area contributed by atoms with Crippen molar-refractivity contribution in [3.8, 4) is 5.75 Å². The molecular formula is C15H15FO4. The molecule has 4 nitrogen and oxygen atoms in total. The molecule has 0 spiro atoms. The SMILES string of the molecule is CC(=O)OC/C(F)=C/C1(c2ccc3c(c2)OOC3)CC1. The van der Waals surface area contributed by atoms with Gasteiger partial charge in [0.15, 0.2) is 5.75 Å². The van der Waals surface area contributed by atoms with Crippen molar-refractivity contribution >= 4 is 5.97 Å². The summed E-state index contributed by atoms with van der Waals surface area (Å²) in [5.74, 6) is -0.209. The molecule has 0 saturated heterocycles. The zero-order valence-electron chi connectivity index (χ0n) is 11.1. The van der Waals surface area contributed by atoms with E-state index in [1.807, 2.05) is 18.2 Å². The number of rotatable bonds is 4. The highest BCUT2D eigenvalue weighted by atomic mass is 19.1. The number of hydrogen-bond acceptors (Lipinski definition) is 4. The lowest BCUT2D eigenvalue weighted by molar-refractivity contribution is -0.194. The van der Waals surface area contributed by atoms with Crippen LogP contribution in [0.25, 0.3) is 0 Å². The smallest absolute Gasteiger partial charge is 0.303 e. The van der Waals surface area contributed by atoms with Gasteiger partial charge in [0.2, 0.25) is 0 Å². The van der Waals surface area contributed by atoms with E-state index in [0.29, 0.717) is 12.4 Å². The highest BCUT2D eigenvalue weighted by Gasteiger charge is 2.43. The predicted octanol–water partition coefficient (Wildman–Crippen LogP) is 2.96. The van der Waals surface area contributed by atoms with Crippen molar-refractivity contribution in [3.05, 3.63) is 41.2 Å². The molecular weight excluding hydrogens is 263 g/mol. The number of esters is 1. The standard InChI is InChI=1S/C15H15FO4/c1-10(17)18-9-13(16)7-15(4-5-15)12-3-2-11-8-19-20-14(11)6-12/h2-3,6-7H,4-5,8-9H2,1H3/b13-7-. The Morgan fingerprint density at radius 3 is 3.00 bits per heavy atom. The Labute approximate surface area is 116 Å². The second-order valence-electron chi connectivity index (χ2n) is 5.20. The van der Waals surface area contributed by atoms with Gasteiger partial charge in [-0.05, 0) is 30.5 Å². The van der Waals surface area contributed by atoms with Crippen LogP contribution in [0.1, 0.15) is 30.9 Å². The molecule has 1 saturated carbocycles. The lowest BCUT2D eigenvalue weighted by Crippen LogP contribution is -2.07. The minimum Gasteiger partial charge on any atom is -0.459 e. The van der Waals surface area contributed by atoms with E-state index in [1.54, 1.807) is 6.08 Å². The van der Waals surface area contributed by atoms with Crippen LogP contribution in [0.15, 0.2) is 30.1 Å². The second-order valence-corrected chi connectivity index (χ2v) is 5.20. The van der Waals surface area contributed by atoms with E-state index in [1.165, 1.54) is 6.92 Å². The molecule has 1 aliphatic carbocycles. The summed E-state index contributed by atoms with van der Waals surface area (Å²) in [6.45, 7) is 1.40. The molecule has 0 radical (unpaired) electrons. The predicted molar refractivity (Wildman–Crippen MR) is 68.6 cm³/mol. The number of fused-ring (bicyclic) bond motifs is 1. The average molecular weight is 278 g/mol. The molecule has 0 unspecified atom stereocenters. The van der Waals surface area contributed by atoms with Crippen LogP contribution in [-0.2, 0) is 26.4 Å². The van der Waals surface area contributed by atoms with Gasteiger partial charge in [-0.15, -0.1) is 0 Å². The van der Waals surface area contributed by atoms with Crippen molar-refractivity contribution < 1.29 is 23.7 Å². The Hall–Kier alpha value is -1.88. The number of carbonyl (C=O) groups excluding carboxylic acids is 1. The normalized spacial score (nSPS) is 19.2. The molecule has 0 bridgehead atoms. The maximum absolute atomic E-state index is 13.8. The Morgan fingerprint density at radius 2 is 2.30 bits per heavy atom. The van der Waals surface area contributed by atoms with Gasteiger partial charge in [-0.2, -0.15) is 4.89 Å². The van der Waals surface area contributed by atoms with Gasteiger partial charge in [0.25, 0.3) is 0 Å². The maximum Gasteiger partial charge on any atom is 0.303 e. The molecule has 0 N–H and O–H groups in total. The van der Waals surface area contributed by atoms with Gasteiger partial charge < -0.3 is 9.62 Å². The van der Waals surface area contributed by atoms with Crippen LogP contribution in [0.2, 0.25) is 0 Å². The Balaban J connectivity index is 1.78. The monoisotopic (exact) mass is 278 g/mol. The Morgan fingerprint density at radius 1 is 1.50 bits per heavy atom. The fourth-order valence-corrected chi connectivity index (χ4v) is 2.38. The largest absolute Gasteiger partial charge is 0.459 e. The van der Waals surface area contributed by atoms with Crippen molar-refractivity contribution in [1.29, 1.82) is 0 Å². The van der Waals surface area contributed by atoms with E-state index in [0.717, 1.165) is 24.0 Å². The lowest BCUT2D eigenvalue weighted by atomic mass is 9.94. The number of ether oxygens (including phenoxy) is 1. The fraction of sp³-hybridized carbons (Fsp3) is 0.400. The van der Waals surface area contributed by atoms with E-state index in [4.69, 9.17) is 9.78 Å². The molecule has 1 heterocycles. The first kappa shape index (κ1) is 13.1. The third kappa shape index (κ3) is 2.54. The first-order chi connectivity index (χ1) is 9.59. The van der Waals surface area contributed by atoms with Gasteiger partial charge in [-0.3, -0.25) is 4.79 Å². The topological polar surface area (TPSA) is 44.8 Å². The van der Waals surface area contributed by atoms with Gasteiger partial charge in [-0.1, -0.05) is 12.1 Å². The summed E-state index contributed by atoms with van der Waals surface area (Å²) in [5.41, 5.74) is 1.69. The molecule has 3 rings (SSSR count). The minimum atomic E-state index is -0.485. The van der Waals surface area contributed by atoms with E-state index < -0.39 is 11.8 Å². The third-order valence-corrected chi connectivity index (χ3v) is 3.64. The van der Waals surface area contributed by atoms with Gasteiger partial charge in [0.1, 0.15) is 19.0 Å². The number of carbonyl (C=O) groups is 1. The number of halogens is 1. The fourth-order valence-electron chi connectivity index (χ4n) is 2.38. The number of hydrogen-bond donors (Lipinski definition) is 0. The summed E-state index contributed by atoms with van der Waals surface area (Å²) < 4.78 is 18.4. The summed E-state index contributed by atoms with van der Waals surface area (Å²) in [6.07, 6.45) is 3.30. The molecule has 0 atom stereocenters. The van der Waals surface area contributed by atoms with E-state index in [2.05, 4.69) is 4.74 Å². The van der Waals surface area contributed by atoms with Crippen molar-refractivity contribution in [1.82, 2.24) is 0 Å². The molecule has 1 fully saturated rings. The zero-order chi connectivity index (χ0) is 14.2. The van der Waals surface area contributed by atoms with Gasteiger partial charge in [0.05, 0.1) is 0 Å².